The van der Waals surface area contributed by atoms with E-state index in [1.807, 2.05) is 31.2 Å². The molecule has 1 N–H and O–H groups in total. The maximum absolute atomic E-state index is 12.3. The third-order valence-corrected chi connectivity index (χ3v) is 4.81. The Labute approximate surface area is 189 Å². The van der Waals surface area contributed by atoms with Crippen molar-refractivity contribution < 1.29 is 31.9 Å². The number of halogens is 3. The van der Waals surface area contributed by atoms with Crippen LogP contribution in [0.25, 0.3) is 11.5 Å². The average molecular weight is 462 g/mol. The first-order valence-corrected chi connectivity index (χ1v) is 10.4. The van der Waals surface area contributed by atoms with Gasteiger partial charge in [-0.05, 0) is 43.2 Å². The molecular weight excluding hydrogens is 437 g/mol. The van der Waals surface area contributed by atoms with Gasteiger partial charge in [0.25, 0.3) is 0 Å². The fourth-order valence-corrected chi connectivity index (χ4v) is 3.07. The van der Waals surface area contributed by atoms with E-state index in [4.69, 9.17) is 13.9 Å². The Morgan fingerprint density at radius 2 is 1.85 bits per heavy atom. The van der Waals surface area contributed by atoms with Gasteiger partial charge in [0.05, 0.1) is 12.8 Å². The van der Waals surface area contributed by atoms with Crippen molar-refractivity contribution in [3.63, 3.8) is 0 Å². The third kappa shape index (κ3) is 7.55. The van der Waals surface area contributed by atoms with Crippen LogP contribution in [0.3, 0.4) is 0 Å². The van der Waals surface area contributed by atoms with Gasteiger partial charge in [-0.2, -0.15) is 13.2 Å². The average Bonchev–Trinajstić information content (AvgIpc) is 3.25. The number of ether oxygens (including phenoxy) is 2. The number of carbonyl (C=O) groups is 1. The summed E-state index contributed by atoms with van der Waals surface area (Å²) in [7, 11) is 1.35. The molecule has 6 nitrogen and oxygen atoms in total. The molecule has 9 heteroatoms. The Hall–Kier alpha value is -3.49. The van der Waals surface area contributed by atoms with Crippen LogP contribution in [0.4, 0.5) is 13.2 Å². The molecule has 1 aromatic heterocycles. The Morgan fingerprint density at radius 3 is 2.55 bits per heavy atom. The maximum atomic E-state index is 12.3. The van der Waals surface area contributed by atoms with Crippen LogP contribution in [0.5, 0.6) is 11.5 Å². The molecule has 0 bridgehead atoms. The van der Waals surface area contributed by atoms with Gasteiger partial charge in [-0.15, -0.1) is 0 Å². The summed E-state index contributed by atoms with van der Waals surface area (Å²) in [4.78, 5) is 16.6. The highest BCUT2D eigenvalue weighted by Gasteiger charge is 2.29. The molecule has 0 atom stereocenters. The largest absolute Gasteiger partial charge is 0.493 e. The van der Waals surface area contributed by atoms with E-state index in [1.54, 1.807) is 18.4 Å². The molecule has 1 amide bonds. The molecule has 0 saturated heterocycles. The zero-order valence-corrected chi connectivity index (χ0v) is 18.4. The number of benzene rings is 2. The maximum Gasteiger partial charge on any atom is 0.422 e. The molecule has 3 aromatic rings. The highest BCUT2D eigenvalue weighted by Crippen LogP contribution is 2.30. The van der Waals surface area contributed by atoms with Crippen molar-refractivity contribution in [2.45, 2.75) is 32.4 Å². The lowest BCUT2D eigenvalue weighted by atomic mass is 10.1. The zero-order valence-electron chi connectivity index (χ0n) is 18.4. The first-order valence-electron chi connectivity index (χ1n) is 10.4. The van der Waals surface area contributed by atoms with E-state index in [0.717, 1.165) is 22.4 Å². The second kappa shape index (κ2) is 10.9. The minimum Gasteiger partial charge on any atom is -0.493 e. The lowest BCUT2D eigenvalue weighted by Gasteiger charge is -2.13. The van der Waals surface area contributed by atoms with Gasteiger partial charge in [-0.25, -0.2) is 4.98 Å². The highest BCUT2D eigenvalue weighted by atomic mass is 19.4. The first-order chi connectivity index (χ1) is 15.7. The van der Waals surface area contributed by atoms with Crippen molar-refractivity contribution in [2.24, 2.45) is 0 Å². The fraction of sp³-hybridized carbons (Fsp3) is 0.333. The summed E-state index contributed by atoms with van der Waals surface area (Å²) in [6.45, 7) is 1.02. The van der Waals surface area contributed by atoms with Gasteiger partial charge in [0, 0.05) is 24.9 Å². The number of amides is 1. The molecule has 1 heterocycles. The number of oxazole rings is 1. The second-order valence-corrected chi connectivity index (χ2v) is 7.50. The van der Waals surface area contributed by atoms with E-state index < -0.39 is 12.8 Å². The SMILES string of the molecule is COc1cc(CCC(=O)NCCc2coc(-c3ccc(C)cc3)n2)ccc1OCC(F)(F)F. The standard InChI is InChI=1S/C24H25F3N2O4/c1-16-3-7-18(8-4-16)23-29-19(14-32-23)11-12-28-22(30)10-6-17-5-9-20(21(13-17)31-2)33-15-24(25,26)27/h3-5,7-9,13-14H,6,10-12,15H2,1-2H3,(H,28,30). The van der Waals surface area contributed by atoms with Gasteiger partial charge in [0.15, 0.2) is 18.1 Å². The monoisotopic (exact) mass is 462 g/mol. The number of nitrogens with zero attached hydrogens (tertiary/aromatic N) is 1. The van der Waals surface area contributed by atoms with Crippen molar-refractivity contribution in [3.05, 3.63) is 65.5 Å². The number of methoxy groups -OCH3 is 1. The smallest absolute Gasteiger partial charge is 0.422 e. The number of aromatic nitrogens is 1. The Morgan fingerprint density at radius 1 is 1.09 bits per heavy atom. The number of aryl methyl sites for hydroxylation is 2. The van der Waals surface area contributed by atoms with Crippen molar-refractivity contribution in [1.29, 1.82) is 0 Å². The van der Waals surface area contributed by atoms with E-state index in [-0.39, 0.29) is 23.8 Å². The molecule has 0 aliphatic rings. The fourth-order valence-electron chi connectivity index (χ4n) is 3.07. The highest BCUT2D eigenvalue weighted by molar-refractivity contribution is 5.76. The second-order valence-electron chi connectivity index (χ2n) is 7.50. The molecule has 33 heavy (non-hydrogen) atoms. The van der Waals surface area contributed by atoms with Crippen LogP contribution in [0, 0.1) is 6.92 Å². The Bertz CT molecular complexity index is 1060. The molecular formula is C24H25F3N2O4. The zero-order chi connectivity index (χ0) is 23.8. The van der Waals surface area contributed by atoms with E-state index >= 15 is 0 Å². The minimum absolute atomic E-state index is 0.000597. The number of hydrogen-bond acceptors (Lipinski definition) is 5. The molecule has 0 unspecified atom stereocenters. The predicted octanol–water partition coefficient (Wildman–Crippen LogP) is 4.89. The van der Waals surface area contributed by atoms with Gasteiger partial charge in [0.1, 0.15) is 6.26 Å². The summed E-state index contributed by atoms with van der Waals surface area (Å²) >= 11 is 0. The molecule has 3 rings (SSSR count). The van der Waals surface area contributed by atoms with Gasteiger partial charge >= 0.3 is 6.18 Å². The van der Waals surface area contributed by atoms with Crippen molar-refractivity contribution in [1.82, 2.24) is 10.3 Å². The van der Waals surface area contributed by atoms with Crippen LogP contribution >= 0.6 is 0 Å². The number of nitrogens with one attached hydrogen (secondary N) is 1. The van der Waals surface area contributed by atoms with Gasteiger partial charge in [-0.3, -0.25) is 4.79 Å². The van der Waals surface area contributed by atoms with Crippen LogP contribution in [-0.4, -0.2) is 37.3 Å². The van der Waals surface area contributed by atoms with Gasteiger partial charge < -0.3 is 19.2 Å². The molecule has 0 radical (unpaired) electrons. The van der Waals surface area contributed by atoms with Crippen molar-refractivity contribution in [2.75, 3.05) is 20.3 Å². The third-order valence-electron chi connectivity index (χ3n) is 4.81. The molecule has 0 aliphatic carbocycles. The number of carbonyl (C=O) groups excluding carboxylic acids is 1. The van der Waals surface area contributed by atoms with Gasteiger partial charge in [0.2, 0.25) is 11.8 Å². The predicted molar refractivity (Wildman–Crippen MR) is 116 cm³/mol. The topological polar surface area (TPSA) is 73.6 Å². The summed E-state index contributed by atoms with van der Waals surface area (Å²) < 4.78 is 52.4. The summed E-state index contributed by atoms with van der Waals surface area (Å²) in [6.07, 6.45) is -1.70. The quantitative estimate of drug-likeness (QED) is 0.464. The van der Waals surface area contributed by atoms with Gasteiger partial charge in [-0.1, -0.05) is 23.8 Å². The van der Waals surface area contributed by atoms with E-state index in [0.29, 0.717) is 25.3 Å². The summed E-state index contributed by atoms with van der Waals surface area (Å²) in [6, 6.07) is 12.4. The summed E-state index contributed by atoms with van der Waals surface area (Å²) in [5.74, 6) is 0.578. The number of alkyl halides is 3. The van der Waals surface area contributed by atoms with Crippen molar-refractivity contribution in [3.8, 4) is 23.0 Å². The summed E-state index contributed by atoms with van der Waals surface area (Å²) in [5.41, 5.74) is 3.53. The minimum atomic E-state index is -4.43. The van der Waals surface area contributed by atoms with Crippen LogP contribution in [0.1, 0.15) is 23.2 Å². The summed E-state index contributed by atoms with van der Waals surface area (Å²) in [5, 5.41) is 2.83. The molecule has 2 aromatic carbocycles. The van der Waals surface area contributed by atoms with Crippen LogP contribution < -0.4 is 14.8 Å². The Balaban J connectivity index is 1.44. The Kier molecular flexibility index (Phi) is 7.97. The van der Waals surface area contributed by atoms with E-state index in [9.17, 15) is 18.0 Å². The number of rotatable bonds is 10. The lowest BCUT2D eigenvalue weighted by molar-refractivity contribution is -0.153. The molecule has 0 saturated carbocycles. The van der Waals surface area contributed by atoms with Crippen LogP contribution in [-0.2, 0) is 17.6 Å². The molecule has 0 fully saturated rings. The number of hydrogen-bond donors (Lipinski definition) is 1. The first kappa shape index (κ1) is 24.2. The molecule has 0 spiro atoms. The van der Waals surface area contributed by atoms with Crippen LogP contribution in [0.15, 0.2) is 53.1 Å². The normalized spacial score (nSPS) is 11.3. The molecule has 176 valence electrons. The lowest BCUT2D eigenvalue weighted by Crippen LogP contribution is -2.25. The van der Waals surface area contributed by atoms with E-state index in [1.165, 1.54) is 13.2 Å². The van der Waals surface area contributed by atoms with Crippen molar-refractivity contribution >= 4 is 5.91 Å². The molecule has 0 aliphatic heterocycles. The van der Waals surface area contributed by atoms with Crippen LogP contribution in [0.2, 0.25) is 0 Å². The van der Waals surface area contributed by atoms with E-state index in [2.05, 4.69) is 10.3 Å².